The fraction of sp³-hybridized carbons (Fsp3) is 0.391. The number of nitrogens with two attached hydrogens (primary N) is 1. The quantitative estimate of drug-likeness (QED) is 0.686. The third kappa shape index (κ3) is 4.49. The standard InChI is InChI=1S/C23H27N3O5S/c24-22(27)19-16-18(32(29,30)26-14-6-7-15-26)10-11-20(19)31-21(17-8-2-1-3-9-17)23(28)25-12-4-5-13-25/h1-3,8-11,16,21H,4-7,12-15H2,(H2,24,27)/t21-/m1/s1. The molecule has 0 spiro atoms. The van der Waals surface area contributed by atoms with Gasteiger partial charge in [0.25, 0.3) is 11.8 Å². The number of ether oxygens (including phenoxy) is 1. The van der Waals surface area contributed by atoms with Crippen molar-refractivity contribution in [3.05, 3.63) is 59.7 Å². The van der Waals surface area contributed by atoms with E-state index in [4.69, 9.17) is 10.5 Å². The highest BCUT2D eigenvalue weighted by Crippen LogP contribution is 2.31. The van der Waals surface area contributed by atoms with Gasteiger partial charge in [0.15, 0.2) is 0 Å². The van der Waals surface area contributed by atoms with Gasteiger partial charge in [-0.3, -0.25) is 9.59 Å². The van der Waals surface area contributed by atoms with E-state index in [1.807, 2.05) is 18.2 Å². The molecule has 9 heteroatoms. The predicted molar refractivity (Wildman–Crippen MR) is 119 cm³/mol. The van der Waals surface area contributed by atoms with Gasteiger partial charge in [-0.25, -0.2) is 8.42 Å². The third-order valence-electron chi connectivity index (χ3n) is 5.91. The fourth-order valence-corrected chi connectivity index (χ4v) is 5.71. The largest absolute Gasteiger partial charge is 0.475 e. The topological polar surface area (TPSA) is 110 Å². The van der Waals surface area contributed by atoms with Gasteiger partial charge >= 0.3 is 0 Å². The number of rotatable bonds is 7. The number of likely N-dealkylation sites (tertiary alicyclic amines) is 1. The number of amides is 2. The zero-order chi connectivity index (χ0) is 22.7. The summed E-state index contributed by atoms with van der Waals surface area (Å²) in [5.41, 5.74) is 6.15. The summed E-state index contributed by atoms with van der Waals surface area (Å²) < 4.78 is 33.3. The molecule has 2 heterocycles. The highest BCUT2D eigenvalue weighted by atomic mass is 32.2. The van der Waals surface area contributed by atoms with Gasteiger partial charge < -0.3 is 15.4 Å². The molecule has 2 aliphatic heterocycles. The first-order valence-corrected chi connectivity index (χ1v) is 12.3. The van der Waals surface area contributed by atoms with Gasteiger partial charge in [0.1, 0.15) is 5.75 Å². The van der Waals surface area contributed by atoms with Gasteiger partial charge in [0, 0.05) is 31.7 Å². The Kier molecular flexibility index (Phi) is 6.48. The Labute approximate surface area is 188 Å². The Morgan fingerprint density at radius 3 is 2.16 bits per heavy atom. The van der Waals surface area contributed by atoms with E-state index in [2.05, 4.69) is 0 Å². The van der Waals surface area contributed by atoms with E-state index < -0.39 is 22.0 Å². The van der Waals surface area contributed by atoms with E-state index >= 15 is 0 Å². The van der Waals surface area contributed by atoms with Crippen molar-refractivity contribution in [1.82, 2.24) is 9.21 Å². The maximum Gasteiger partial charge on any atom is 0.268 e. The lowest BCUT2D eigenvalue weighted by Crippen LogP contribution is -2.35. The zero-order valence-electron chi connectivity index (χ0n) is 17.8. The Hall–Kier alpha value is -2.91. The first kappa shape index (κ1) is 22.3. The van der Waals surface area contributed by atoms with Crippen molar-refractivity contribution in [3.8, 4) is 5.75 Å². The maximum absolute atomic E-state index is 13.2. The summed E-state index contributed by atoms with van der Waals surface area (Å²) in [6, 6.07) is 13.1. The second kappa shape index (κ2) is 9.30. The number of carbonyl (C=O) groups is 2. The summed E-state index contributed by atoms with van der Waals surface area (Å²) in [4.78, 5) is 27.2. The molecule has 2 saturated heterocycles. The monoisotopic (exact) mass is 457 g/mol. The molecule has 2 aromatic carbocycles. The van der Waals surface area contributed by atoms with Crippen molar-refractivity contribution in [2.75, 3.05) is 26.2 Å². The number of carbonyl (C=O) groups excluding carboxylic acids is 2. The van der Waals surface area contributed by atoms with E-state index in [0.717, 1.165) is 25.7 Å². The van der Waals surface area contributed by atoms with E-state index in [0.29, 0.717) is 31.7 Å². The number of hydrogen-bond acceptors (Lipinski definition) is 5. The van der Waals surface area contributed by atoms with Crippen molar-refractivity contribution in [2.45, 2.75) is 36.7 Å². The summed E-state index contributed by atoms with van der Waals surface area (Å²) in [5.74, 6) is -0.934. The third-order valence-corrected chi connectivity index (χ3v) is 7.80. The lowest BCUT2D eigenvalue weighted by molar-refractivity contribution is -0.138. The van der Waals surface area contributed by atoms with Gasteiger partial charge in [-0.2, -0.15) is 4.31 Å². The van der Waals surface area contributed by atoms with Crippen LogP contribution in [-0.2, 0) is 14.8 Å². The van der Waals surface area contributed by atoms with E-state index in [1.165, 1.54) is 22.5 Å². The van der Waals surface area contributed by atoms with Crippen LogP contribution in [0.3, 0.4) is 0 Å². The molecule has 2 aromatic rings. The zero-order valence-corrected chi connectivity index (χ0v) is 18.6. The lowest BCUT2D eigenvalue weighted by atomic mass is 10.1. The van der Waals surface area contributed by atoms with Crippen LogP contribution in [0, 0.1) is 0 Å². The van der Waals surface area contributed by atoms with Crippen molar-refractivity contribution in [3.63, 3.8) is 0 Å². The molecule has 4 rings (SSSR count). The van der Waals surface area contributed by atoms with Crippen LogP contribution in [0.4, 0.5) is 0 Å². The van der Waals surface area contributed by atoms with Crippen LogP contribution in [0.2, 0.25) is 0 Å². The van der Waals surface area contributed by atoms with Crippen LogP contribution in [0.5, 0.6) is 5.75 Å². The van der Waals surface area contributed by atoms with Crippen molar-refractivity contribution < 1.29 is 22.7 Å². The van der Waals surface area contributed by atoms with Crippen molar-refractivity contribution in [2.24, 2.45) is 5.73 Å². The van der Waals surface area contributed by atoms with Gasteiger partial charge in [0.2, 0.25) is 16.1 Å². The van der Waals surface area contributed by atoms with Gasteiger partial charge in [0.05, 0.1) is 10.5 Å². The fourth-order valence-electron chi connectivity index (χ4n) is 4.16. The molecule has 0 unspecified atom stereocenters. The molecular formula is C23H27N3O5S. The average Bonchev–Trinajstić information content (AvgIpc) is 3.52. The van der Waals surface area contributed by atoms with Crippen LogP contribution in [0.15, 0.2) is 53.4 Å². The van der Waals surface area contributed by atoms with Crippen LogP contribution in [0.25, 0.3) is 0 Å². The first-order valence-electron chi connectivity index (χ1n) is 10.8. The molecule has 2 fully saturated rings. The van der Waals surface area contributed by atoms with Gasteiger partial charge in [-0.1, -0.05) is 30.3 Å². The molecule has 2 aliphatic rings. The highest BCUT2D eigenvalue weighted by molar-refractivity contribution is 7.89. The Morgan fingerprint density at radius 2 is 1.53 bits per heavy atom. The smallest absolute Gasteiger partial charge is 0.268 e. The second-order valence-electron chi connectivity index (χ2n) is 8.07. The number of primary amides is 1. The SMILES string of the molecule is NC(=O)c1cc(S(=O)(=O)N2CCCC2)ccc1O[C@@H](C(=O)N1CCCC1)c1ccccc1. The molecule has 0 saturated carbocycles. The van der Waals surface area contributed by atoms with Crippen LogP contribution < -0.4 is 10.5 Å². The summed E-state index contributed by atoms with van der Waals surface area (Å²) in [5, 5.41) is 0. The summed E-state index contributed by atoms with van der Waals surface area (Å²) in [6.45, 7) is 2.21. The predicted octanol–water partition coefficient (Wildman–Crippen LogP) is 2.31. The van der Waals surface area contributed by atoms with E-state index in [-0.39, 0.29) is 22.1 Å². The normalized spacial score (nSPS) is 17.9. The Bertz CT molecular complexity index is 1090. The minimum atomic E-state index is -3.73. The van der Waals surface area contributed by atoms with Crippen LogP contribution in [0.1, 0.15) is 47.7 Å². The molecular weight excluding hydrogens is 430 g/mol. The molecule has 0 bridgehead atoms. The first-order chi connectivity index (χ1) is 15.4. The molecule has 32 heavy (non-hydrogen) atoms. The van der Waals surface area contributed by atoms with Crippen LogP contribution >= 0.6 is 0 Å². The van der Waals surface area contributed by atoms with E-state index in [9.17, 15) is 18.0 Å². The second-order valence-corrected chi connectivity index (χ2v) is 10.0. The number of hydrogen-bond donors (Lipinski definition) is 1. The molecule has 0 radical (unpaired) electrons. The van der Waals surface area contributed by atoms with Gasteiger partial charge in [-0.05, 0) is 43.9 Å². The lowest BCUT2D eigenvalue weighted by Gasteiger charge is -2.25. The molecule has 1 atom stereocenters. The van der Waals surface area contributed by atoms with E-state index in [1.54, 1.807) is 17.0 Å². The van der Waals surface area contributed by atoms with Gasteiger partial charge in [-0.15, -0.1) is 0 Å². The minimum Gasteiger partial charge on any atom is -0.475 e. The summed E-state index contributed by atoms with van der Waals surface area (Å²) in [6.07, 6.45) is 2.51. The van der Waals surface area contributed by atoms with Crippen LogP contribution in [-0.4, -0.2) is 55.6 Å². The summed E-state index contributed by atoms with van der Waals surface area (Å²) >= 11 is 0. The molecule has 0 aliphatic carbocycles. The number of nitrogens with zero attached hydrogens (tertiary/aromatic N) is 2. The Morgan fingerprint density at radius 1 is 0.906 bits per heavy atom. The number of benzene rings is 2. The number of sulfonamides is 1. The Balaban J connectivity index is 1.69. The maximum atomic E-state index is 13.2. The van der Waals surface area contributed by atoms with Crippen molar-refractivity contribution >= 4 is 21.8 Å². The minimum absolute atomic E-state index is 0.0114. The van der Waals surface area contributed by atoms with Crippen molar-refractivity contribution in [1.29, 1.82) is 0 Å². The highest BCUT2D eigenvalue weighted by Gasteiger charge is 2.32. The molecule has 2 N–H and O–H groups in total. The molecule has 8 nitrogen and oxygen atoms in total. The summed E-state index contributed by atoms with van der Waals surface area (Å²) in [7, 11) is -3.73. The molecule has 170 valence electrons. The molecule has 2 amide bonds. The average molecular weight is 458 g/mol. The molecule has 0 aromatic heterocycles.